The highest BCUT2D eigenvalue weighted by Crippen LogP contribution is 2.13. The summed E-state index contributed by atoms with van der Waals surface area (Å²) < 4.78 is 8.98. The first-order valence-electron chi connectivity index (χ1n) is 8.28. The van der Waals surface area contributed by atoms with Crippen molar-refractivity contribution in [2.24, 2.45) is 0 Å². The molecule has 0 radical (unpaired) electrons. The zero-order valence-corrected chi connectivity index (χ0v) is 14.8. The van der Waals surface area contributed by atoms with Crippen molar-refractivity contribution in [2.75, 3.05) is 0 Å². The maximum Gasteiger partial charge on any atom is 0.308 e. The molecule has 3 rings (SSSR count). The normalized spacial score (nSPS) is 10.8. The molecule has 0 aliphatic heterocycles. The van der Waals surface area contributed by atoms with Crippen LogP contribution in [0.3, 0.4) is 0 Å². The van der Waals surface area contributed by atoms with Gasteiger partial charge in [0.15, 0.2) is 0 Å². The van der Waals surface area contributed by atoms with E-state index in [1.807, 2.05) is 62.0 Å². The summed E-state index contributed by atoms with van der Waals surface area (Å²) in [4.78, 5) is 11.9. The van der Waals surface area contributed by atoms with Gasteiger partial charge >= 0.3 is 5.97 Å². The monoisotopic (exact) mass is 338 g/mol. The third-order valence-electron chi connectivity index (χ3n) is 3.90. The topological polar surface area (TPSA) is 61.9 Å². The molecule has 0 atom stereocenters. The fourth-order valence-corrected chi connectivity index (χ4v) is 2.65. The van der Waals surface area contributed by atoms with Crippen molar-refractivity contribution in [1.82, 2.24) is 19.6 Å². The van der Waals surface area contributed by atoms with Gasteiger partial charge in [-0.3, -0.25) is 9.48 Å². The van der Waals surface area contributed by atoms with Crippen LogP contribution in [0.2, 0.25) is 0 Å². The molecule has 130 valence electrons. The zero-order valence-electron chi connectivity index (χ0n) is 14.8. The first kappa shape index (κ1) is 17.0. The summed E-state index contributed by atoms with van der Waals surface area (Å²) in [7, 11) is 0. The summed E-state index contributed by atoms with van der Waals surface area (Å²) in [5.41, 5.74) is 5.10. The van der Waals surface area contributed by atoms with Crippen molar-refractivity contribution < 1.29 is 9.53 Å². The molecule has 0 N–H and O–H groups in total. The summed E-state index contributed by atoms with van der Waals surface area (Å²) in [5.74, 6) is -0.226. The standard InChI is InChI=1S/C19H22N4O2/c1-14-11-20-22(12-14)9-8-19(24)25-13-17-4-6-18(7-5-17)23-16(3)10-15(2)21-23/h4-7,10-12H,8-9,13H2,1-3H3. The highest BCUT2D eigenvalue weighted by Gasteiger charge is 2.06. The van der Waals surface area contributed by atoms with Gasteiger partial charge in [0.2, 0.25) is 0 Å². The van der Waals surface area contributed by atoms with Gasteiger partial charge in [-0.05, 0) is 50.1 Å². The van der Waals surface area contributed by atoms with Crippen LogP contribution in [0, 0.1) is 20.8 Å². The van der Waals surface area contributed by atoms with Crippen LogP contribution >= 0.6 is 0 Å². The number of aryl methyl sites for hydroxylation is 4. The maximum absolute atomic E-state index is 11.9. The molecule has 3 aromatic rings. The minimum Gasteiger partial charge on any atom is -0.461 e. The van der Waals surface area contributed by atoms with Gasteiger partial charge in [0.05, 0.1) is 30.5 Å². The number of hydrogen-bond donors (Lipinski definition) is 0. The predicted octanol–water partition coefficient (Wildman–Crippen LogP) is 3.13. The van der Waals surface area contributed by atoms with E-state index in [-0.39, 0.29) is 12.6 Å². The molecule has 0 bridgehead atoms. The lowest BCUT2D eigenvalue weighted by atomic mass is 10.2. The summed E-state index contributed by atoms with van der Waals surface area (Å²) in [5, 5.41) is 8.62. The lowest BCUT2D eigenvalue weighted by molar-refractivity contribution is -0.145. The molecule has 2 heterocycles. The van der Waals surface area contributed by atoms with E-state index < -0.39 is 0 Å². The van der Waals surface area contributed by atoms with Crippen molar-refractivity contribution in [3.63, 3.8) is 0 Å². The number of carbonyl (C=O) groups is 1. The lowest BCUT2D eigenvalue weighted by Crippen LogP contribution is -2.09. The number of carbonyl (C=O) groups excluding carboxylic acids is 1. The number of rotatable bonds is 6. The van der Waals surface area contributed by atoms with E-state index in [0.29, 0.717) is 13.0 Å². The summed E-state index contributed by atoms with van der Waals surface area (Å²) in [6.45, 7) is 6.77. The zero-order chi connectivity index (χ0) is 17.8. The Hall–Kier alpha value is -2.89. The highest BCUT2D eigenvalue weighted by atomic mass is 16.5. The van der Waals surface area contributed by atoms with Gasteiger partial charge in [-0.1, -0.05) is 12.1 Å². The second kappa shape index (κ2) is 7.34. The molecule has 0 amide bonds. The third kappa shape index (κ3) is 4.35. The molecule has 0 saturated carbocycles. The summed E-state index contributed by atoms with van der Waals surface area (Å²) >= 11 is 0. The maximum atomic E-state index is 11.9. The molecule has 6 heteroatoms. The van der Waals surface area contributed by atoms with Crippen molar-refractivity contribution >= 4 is 5.97 Å². The minimum absolute atomic E-state index is 0.226. The van der Waals surface area contributed by atoms with Gasteiger partial charge in [0, 0.05) is 11.9 Å². The van der Waals surface area contributed by atoms with E-state index in [1.54, 1.807) is 10.9 Å². The second-order valence-corrected chi connectivity index (χ2v) is 6.20. The first-order chi connectivity index (χ1) is 12.0. The molecule has 6 nitrogen and oxygen atoms in total. The second-order valence-electron chi connectivity index (χ2n) is 6.20. The molecular weight excluding hydrogens is 316 g/mol. The largest absolute Gasteiger partial charge is 0.461 e. The van der Waals surface area contributed by atoms with E-state index in [0.717, 1.165) is 28.2 Å². The fourth-order valence-electron chi connectivity index (χ4n) is 2.65. The van der Waals surface area contributed by atoms with Crippen LogP contribution in [0.5, 0.6) is 0 Å². The Morgan fingerprint density at radius 1 is 1.16 bits per heavy atom. The Morgan fingerprint density at radius 2 is 1.92 bits per heavy atom. The van der Waals surface area contributed by atoms with Gasteiger partial charge in [-0.15, -0.1) is 0 Å². The van der Waals surface area contributed by atoms with Crippen LogP contribution in [0.25, 0.3) is 5.69 Å². The smallest absolute Gasteiger partial charge is 0.308 e. The Balaban J connectivity index is 1.51. The number of aromatic nitrogens is 4. The first-order valence-corrected chi connectivity index (χ1v) is 8.28. The summed E-state index contributed by atoms with van der Waals surface area (Å²) in [6.07, 6.45) is 3.99. The Bertz CT molecular complexity index is 862. The van der Waals surface area contributed by atoms with Crippen LogP contribution in [-0.4, -0.2) is 25.5 Å². The van der Waals surface area contributed by atoms with Gasteiger partial charge in [0.25, 0.3) is 0 Å². The van der Waals surface area contributed by atoms with Crippen LogP contribution in [-0.2, 0) is 22.7 Å². The average molecular weight is 338 g/mol. The molecule has 0 unspecified atom stereocenters. The van der Waals surface area contributed by atoms with Crippen LogP contribution in [0.1, 0.15) is 28.9 Å². The molecule has 25 heavy (non-hydrogen) atoms. The van der Waals surface area contributed by atoms with Crippen molar-refractivity contribution in [3.8, 4) is 5.69 Å². The molecule has 0 spiro atoms. The third-order valence-corrected chi connectivity index (χ3v) is 3.90. The average Bonchev–Trinajstić information content (AvgIpc) is 3.16. The Morgan fingerprint density at radius 3 is 2.52 bits per heavy atom. The molecule has 0 saturated heterocycles. The number of ether oxygens (including phenoxy) is 1. The molecule has 0 aliphatic carbocycles. The highest BCUT2D eigenvalue weighted by molar-refractivity contribution is 5.69. The van der Waals surface area contributed by atoms with E-state index in [2.05, 4.69) is 10.2 Å². The molecule has 1 aromatic carbocycles. The molecule has 0 aliphatic rings. The van der Waals surface area contributed by atoms with Gasteiger partial charge in [-0.2, -0.15) is 10.2 Å². The minimum atomic E-state index is -0.226. The van der Waals surface area contributed by atoms with Crippen molar-refractivity contribution in [2.45, 2.75) is 40.3 Å². The van der Waals surface area contributed by atoms with Gasteiger partial charge < -0.3 is 4.74 Å². The number of nitrogens with zero attached hydrogens (tertiary/aromatic N) is 4. The number of hydrogen-bond acceptors (Lipinski definition) is 4. The molecule has 2 aromatic heterocycles. The van der Waals surface area contributed by atoms with Crippen molar-refractivity contribution in [3.05, 3.63) is 65.2 Å². The molecule has 0 fully saturated rings. The van der Waals surface area contributed by atoms with Crippen LogP contribution < -0.4 is 0 Å². The van der Waals surface area contributed by atoms with Gasteiger partial charge in [-0.25, -0.2) is 4.68 Å². The molecular formula is C19H22N4O2. The van der Waals surface area contributed by atoms with E-state index in [9.17, 15) is 4.79 Å². The van der Waals surface area contributed by atoms with E-state index >= 15 is 0 Å². The predicted molar refractivity (Wildman–Crippen MR) is 94.4 cm³/mol. The van der Waals surface area contributed by atoms with E-state index in [1.165, 1.54) is 0 Å². The lowest BCUT2D eigenvalue weighted by Gasteiger charge is -2.08. The van der Waals surface area contributed by atoms with Crippen molar-refractivity contribution in [1.29, 1.82) is 0 Å². The summed E-state index contributed by atoms with van der Waals surface area (Å²) in [6, 6.07) is 9.91. The quantitative estimate of drug-likeness (QED) is 0.648. The van der Waals surface area contributed by atoms with Crippen LogP contribution in [0.15, 0.2) is 42.7 Å². The fraction of sp³-hybridized carbons (Fsp3) is 0.316. The van der Waals surface area contributed by atoms with Crippen LogP contribution in [0.4, 0.5) is 0 Å². The van der Waals surface area contributed by atoms with Gasteiger partial charge in [0.1, 0.15) is 6.61 Å². The number of benzene rings is 1. The van der Waals surface area contributed by atoms with E-state index in [4.69, 9.17) is 4.74 Å². The number of esters is 1. The Labute approximate surface area is 147 Å². The SMILES string of the molecule is Cc1cnn(CCC(=O)OCc2ccc(-n3nc(C)cc3C)cc2)c1. The Kier molecular flexibility index (Phi) is 4.97.